The van der Waals surface area contributed by atoms with E-state index in [4.69, 9.17) is 10.8 Å². The van der Waals surface area contributed by atoms with Crippen LogP contribution in [0.15, 0.2) is 36.9 Å². The molecule has 0 saturated heterocycles. The van der Waals surface area contributed by atoms with E-state index in [1.54, 1.807) is 12.1 Å². The Balaban J connectivity index is 2.73. The van der Waals surface area contributed by atoms with Crippen LogP contribution in [0.4, 0.5) is 0 Å². The minimum Gasteiger partial charge on any atom is -0.508 e. The van der Waals surface area contributed by atoms with Gasteiger partial charge in [-0.3, -0.25) is 9.59 Å². The maximum absolute atomic E-state index is 11.1. The number of hydrogen-bond acceptors (Lipinski definition) is 3. The summed E-state index contributed by atoms with van der Waals surface area (Å²) in [7, 11) is 0. The molecule has 5 nitrogen and oxygen atoms in total. The first kappa shape index (κ1) is 12.8. The molecule has 2 amide bonds. The molecule has 0 fully saturated rings. The number of phenolic OH excluding ortho intramolecular Hbond substituents is 1. The van der Waals surface area contributed by atoms with E-state index >= 15 is 0 Å². The van der Waals surface area contributed by atoms with Gasteiger partial charge in [0.15, 0.2) is 0 Å². The van der Waals surface area contributed by atoms with Crippen LogP contribution in [-0.2, 0) is 16.0 Å². The maximum atomic E-state index is 11.1. The first-order valence-electron chi connectivity index (χ1n) is 5.03. The molecule has 0 spiro atoms. The summed E-state index contributed by atoms with van der Waals surface area (Å²) in [6, 6.07) is 5.53. The van der Waals surface area contributed by atoms with Crippen molar-refractivity contribution in [2.75, 3.05) is 0 Å². The van der Waals surface area contributed by atoms with Crippen molar-refractivity contribution in [3.05, 3.63) is 42.5 Å². The third-order valence-electron chi connectivity index (χ3n) is 2.22. The van der Waals surface area contributed by atoms with Crippen LogP contribution < -0.4 is 11.1 Å². The molecule has 0 aromatic heterocycles. The van der Waals surface area contributed by atoms with Gasteiger partial charge in [0.1, 0.15) is 11.8 Å². The highest BCUT2D eigenvalue weighted by atomic mass is 16.3. The summed E-state index contributed by atoms with van der Waals surface area (Å²) in [6.07, 6.45) is 1.35. The second kappa shape index (κ2) is 5.69. The number of aromatic hydroxyl groups is 1. The number of phenols is 1. The smallest absolute Gasteiger partial charge is 0.244 e. The number of hydrogen-bond donors (Lipinski definition) is 3. The highest BCUT2D eigenvalue weighted by Gasteiger charge is 2.17. The van der Waals surface area contributed by atoms with Gasteiger partial charge in [-0.05, 0) is 23.8 Å². The molecule has 1 aromatic rings. The molecule has 0 aliphatic rings. The zero-order valence-corrected chi connectivity index (χ0v) is 9.22. The van der Waals surface area contributed by atoms with E-state index in [1.807, 2.05) is 0 Å². The molecule has 0 saturated carbocycles. The average Bonchev–Trinajstić information content (AvgIpc) is 2.30. The summed E-state index contributed by atoms with van der Waals surface area (Å²) >= 11 is 0. The number of carbonyl (C=O) groups is 2. The lowest BCUT2D eigenvalue weighted by molar-refractivity contribution is -0.124. The average molecular weight is 234 g/mol. The van der Waals surface area contributed by atoms with Crippen LogP contribution in [0.3, 0.4) is 0 Å². The van der Waals surface area contributed by atoms with Crippen molar-refractivity contribution in [2.45, 2.75) is 12.5 Å². The lowest BCUT2D eigenvalue weighted by Crippen LogP contribution is -2.45. The second-order valence-electron chi connectivity index (χ2n) is 3.54. The highest BCUT2D eigenvalue weighted by molar-refractivity contribution is 5.92. The standard InChI is InChI=1S/C12H14N2O3/c1-2-11(16)14-10(12(13)17)7-8-3-5-9(15)6-4-8/h2-6,10,15H,1,7H2,(H2,13,17)(H,14,16)/t10-/m1/s1. The Morgan fingerprint density at radius 2 is 2.00 bits per heavy atom. The summed E-state index contributed by atoms with van der Waals surface area (Å²) in [4.78, 5) is 22.2. The van der Waals surface area contributed by atoms with Crippen molar-refractivity contribution >= 4 is 11.8 Å². The fourth-order valence-electron chi connectivity index (χ4n) is 1.32. The molecular weight excluding hydrogens is 220 g/mol. The molecule has 5 heteroatoms. The second-order valence-corrected chi connectivity index (χ2v) is 3.54. The van der Waals surface area contributed by atoms with E-state index in [1.165, 1.54) is 12.1 Å². The molecule has 90 valence electrons. The Morgan fingerprint density at radius 3 is 2.47 bits per heavy atom. The van der Waals surface area contributed by atoms with Crippen LogP contribution in [-0.4, -0.2) is 23.0 Å². The van der Waals surface area contributed by atoms with Crippen molar-refractivity contribution in [1.29, 1.82) is 0 Å². The number of amides is 2. The van der Waals surface area contributed by atoms with Gasteiger partial charge in [-0.25, -0.2) is 0 Å². The van der Waals surface area contributed by atoms with E-state index in [-0.39, 0.29) is 12.2 Å². The van der Waals surface area contributed by atoms with Crippen LogP contribution in [0.1, 0.15) is 5.56 Å². The van der Waals surface area contributed by atoms with Crippen LogP contribution in [0.25, 0.3) is 0 Å². The molecule has 1 rings (SSSR count). The first-order valence-corrected chi connectivity index (χ1v) is 5.03. The monoisotopic (exact) mass is 234 g/mol. The van der Waals surface area contributed by atoms with Crippen LogP contribution in [0, 0.1) is 0 Å². The normalized spacial score (nSPS) is 11.5. The first-order chi connectivity index (χ1) is 8.02. The minimum atomic E-state index is -0.787. The zero-order valence-electron chi connectivity index (χ0n) is 9.22. The Morgan fingerprint density at radius 1 is 1.41 bits per heavy atom. The highest BCUT2D eigenvalue weighted by Crippen LogP contribution is 2.11. The van der Waals surface area contributed by atoms with Gasteiger partial charge in [0, 0.05) is 6.42 Å². The quantitative estimate of drug-likeness (QED) is 0.630. The number of carbonyl (C=O) groups excluding carboxylic acids is 2. The minimum absolute atomic E-state index is 0.138. The number of nitrogens with two attached hydrogens (primary N) is 1. The van der Waals surface area contributed by atoms with Gasteiger partial charge in [0.2, 0.25) is 11.8 Å². The maximum Gasteiger partial charge on any atom is 0.244 e. The van der Waals surface area contributed by atoms with Gasteiger partial charge in [0.05, 0.1) is 0 Å². The molecular formula is C12H14N2O3. The molecule has 17 heavy (non-hydrogen) atoms. The van der Waals surface area contributed by atoms with Crippen LogP contribution in [0.5, 0.6) is 5.75 Å². The van der Waals surface area contributed by atoms with E-state index in [0.717, 1.165) is 11.6 Å². The predicted molar refractivity (Wildman–Crippen MR) is 63.1 cm³/mol. The summed E-state index contributed by atoms with van der Waals surface area (Å²) in [5, 5.41) is 11.5. The molecule has 0 aliphatic carbocycles. The topological polar surface area (TPSA) is 92.4 Å². The number of rotatable bonds is 5. The van der Waals surface area contributed by atoms with Gasteiger partial charge in [0.25, 0.3) is 0 Å². The van der Waals surface area contributed by atoms with Crippen molar-refractivity contribution in [3.63, 3.8) is 0 Å². The number of primary amides is 1. The van der Waals surface area contributed by atoms with E-state index in [9.17, 15) is 9.59 Å². The third kappa shape index (κ3) is 3.98. The fraction of sp³-hybridized carbons (Fsp3) is 0.167. The molecule has 0 radical (unpaired) electrons. The van der Waals surface area contributed by atoms with Gasteiger partial charge >= 0.3 is 0 Å². The van der Waals surface area contributed by atoms with Gasteiger partial charge in [-0.1, -0.05) is 18.7 Å². The van der Waals surface area contributed by atoms with Gasteiger partial charge in [-0.2, -0.15) is 0 Å². The predicted octanol–water partition coefficient (Wildman–Crippen LogP) is 0.0908. The Bertz CT molecular complexity index is 426. The van der Waals surface area contributed by atoms with Gasteiger partial charge in [-0.15, -0.1) is 0 Å². The fourth-order valence-corrected chi connectivity index (χ4v) is 1.32. The van der Waals surface area contributed by atoms with Gasteiger partial charge < -0.3 is 16.2 Å². The van der Waals surface area contributed by atoms with E-state index in [2.05, 4.69) is 11.9 Å². The Hall–Kier alpha value is -2.30. The van der Waals surface area contributed by atoms with Crippen molar-refractivity contribution in [3.8, 4) is 5.75 Å². The molecule has 0 unspecified atom stereocenters. The number of nitrogens with one attached hydrogen (secondary N) is 1. The number of benzene rings is 1. The summed E-state index contributed by atoms with van der Waals surface area (Å²) in [6.45, 7) is 3.29. The summed E-state index contributed by atoms with van der Waals surface area (Å²) in [5.41, 5.74) is 5.97. The SMILES string of the molecule is C=CC(=O)N[C@H](Cc1ccc(O)cc1)C(N)=O. The van der Waals surface area contributed by atoms with Crippen LogP contribution in [0.2, 0.25) is 0 Å². The van der Waals surface area contributed by atoms with Crippen molar-refractivity contribution in [1.82, 2.24) is 5.32 Å². The van der Waals surface area contributed by atoms with Crippen molar-refractivity contribution in [2.24, 2.45) is 5.73 Å². The lowest BCUT2D eigenvalue weighted by Gasteiger charge is -2.14. The largest absolute Gasteiger partial charge is 0.508 e. The molecule has 1 atom stereocenters. The Labute approximate surface area is 98.9 Å². The third-order valence-corrected chi connectivity index (χ3v) is 2.22. The summed E-state index contributed by atoms with van der Waals surface area (Å²) in [5.74, 6) is -0.930. The van der Waals surface area contributed by atoms with E-state index < -0.39 is 17.9 Å². The molecule has 1 aromatic carbocycles. The molecule has 0 heterocycles. The molecule has 0 bridgehead atoms. The molecule has 0 aliphatic heterocycles. The van der Waals surface area contributed by atoms with Crippen LogP contribution >= 0.6 is 0 Å². The summed E-state index contributed by atoms with van der Waals surface area (Å²) < 4.78 is 0. The molecule has 4 N–H and O–H groups in total. The van der Waals surface area contributed by atoms with Crippen molar-refractivity contribution < 1.29 is 14.7 Å². The Kier molecular flexibility index (Phi) is 4.28. The lowest BCUT2D eigenvalue weighted by atomic mass is 10.1. The zero-order chi connectivity index (χ0) is 12.8. The van der Waals surface area contributed by atoms with E-state index in [0.29, 0.717) is 0 Å².